The van der Waals surface area contributed by atoms with Crippen LogP contribution in [0.25, 0.3) is 64.0 Å². The highest BCUT2D eigenvalue weighted by molar-refractivity contribution is 7.25. The molecule has 0 amide bonds. The van der Waals surface area contributed by atoms with Gasteiger partial charge in [0.2, 0.25) is 0 Å². The maximum atomic E-state index is 6.94. The van der Waals surface area contributed by atoms with E-state index in [0.29, 0.717) is 0 Å². The summed E-state index contributed by atoms with van der Waals surface area (Å²) < 4.78 is 16.3. The van der Waals surface area contributed by atoms with Crippen molar-refractivity contribution in [2.45, 2.75) is 0 Å². The number of hydrogen-bond donors (Lipinski definition) is 0. The Kier molecular flexibility index (Phi) is 5.05. The van der Waals surface area contributed by atoms with E-state index >= 15 is 0 Å². The maximum absolute atomic E-state index is 6.94. The monoisotopic (exact) mass is 680 g/mol. The molecular formula is C46H25BN2O2S. The second kappa shape index (κ2) is 9.63. The SMILES string of the molecule is c1ccc2c(c1)Oc1cccc3c1N2c1c2c(cc4c1oc1ccccc14)-c1cc4ccccc4cc1N(c1ccc4sc5ccccc5c4c1)B32. The van der Waals surface area contributed by atoms with Crippen molar-refractivity contribution in [1.82, 2.24) is 0 Å². The third kappa shape index (κ3) is 3.38. The van der Waals surface area contributed by atoms with Crippen LogP contribution >= 0.6 is 11.3 Å². The molecule has 0 N–H and O–H groups in total. The molecular weight excluding hydrogens is 655 g/mol. The lowest BCUT2D eigenvalue weighted by molar-refractivity contribution is 0.477. The third-order valence-corrected chi connectivity index (χ3v) is 12.5. The summed E-state index contributed by atoms with van der Waals surface area (Å²) >= 11 is 1.86. The van der Waals surface area contributed by atoms with Crippen LogP contribution in [0.5, 0.6) is 11.5 Å². The van der Waals surface area contributed by atoms with Crippen LogP contribution in [0.3, 0.4) is 0 Å². The fourth-order valence-electron chi connectivity index (χ4n) is 9.22. The number of hydrogen-bond acceptors (Lipinski definition) is 5. The quantitative estimate of drug-likeness (QED) is 0.161. The van der Waals surface area contributed by atoms with E-state index in [-0.39, 0.29) is 6.85 Å². The summed E-state index contributed by atoms with van der Waals surface area (Å²) in [6.07, 6.45) is 0. The van der Waals surface area contributed by atoms with Crippen LogP contribution in [0, 0.1) is 0 Å². The molecule has 0 fully saturated rings. The Morgan fingerprint density at radius 3 is 2.23 bits per heavy atom. The van der Waals surface area contributed by atoms with Gasteiger partial charge in [-0.25, -0.2) is 0 Å². The Balaban J connectivity index is 1.22. The normalized spacial score (nSPS) is 13.8. The first-order valence-electron chi connectivity index (χ1n) is 17.7. The van der Waals surface area contributed by atoms with E-state index in [0.717, 1.165) is 56.2 Å². The zero-order valence-electron chi connectivity index (χ0n) is 27.6. The zero-order chi connectivity index (χ0) is 33.7. The average molecular weight is 681 g/mol. The molecule has 3 aliphatic heterocycles. The molecule has 0 saturated heterocycles. The van der Waals surface area contributed by atoms with Gasteiger partial charge in [0.25, 0.3) is 0 Å². The molecule has 0 aliphatic carbocycles. The molecule has 0 radical (unpaired) electrons. The number of furan rings is 1. The maximum Gasteiger partial charge on any atom is 0.333 e. The Bertz CT molecular complexity index is 3220. The summed E-state index contributed by atoms with van der Waals surface area (Å²) in [7, 11) is 0. The summed E-state index contributed by atoms with van der Waals surface area (Å²) in [5.74, 6) is 1.68. The minimum atomic E-state index is -0.154. The number of ether oxygens (including phenoxy) is 1. The van der Waals surface area contributed by atoms with E-state index in [4.69, 9.17) is 9.15 Å². The lowest BCUT2D eigenvalue weighted by Crippen LogP contribution is -2.61. The molecule has 8 aromatic carbocycles. The Labute approximate surface area is 302 Å². The van der Waals surface area contributed by atoms with Gasteiger partial charge in [0.15, 0.2) is 17.1 Å². The molecule has 0 bridgehead atoms. The summed E-state index contributed by atoms with van der Waals surface area (Å²) in [6, 6.07) is 55.1. The molecule has 4 nitrogen and oxygen atoms in total. The van der Waals surface area contributed by atoms with E-state index < -0.39 is 0 Å². The molecule has 52 heavy (non-hydrogen) atoms. The minimum Gasteiger partial charge on any atom is -0.454 e. The van der Waals surface area contributed by atoms with Crippen LogP contribution in [0.15, 0.2) is 156 Å². The summed E-state index contributed by atoms with van der Waals surface area (Å²) in [4.78, 5) is 5.00. The second-order valence-electron chi connectivity index (χ2n) is 14.0. The predicted molar refractivity (Wildman–Crippen MR) is 218 cm³/mol. The van der Waals surface area contributed by atoms with Gasteiger partial charge in [-0.2, -0.15) is 0 Å². The highest BCUT2D eigenvalue weighted by Gasteiger charge is 2.49. The van der Waals surface area contributed by atoms with Crippen molar-refractivity contribution in [2.24, 2.45) is 0 Å². The molecule has 0 saturated carbocycles. The number of anilines is 5. The van der Waals surface area contributed by atoms with Crippen molar-refractivity contribution < 1.29 is 9.15 Å². The number of fused-ring (bicyclic) bond motifs is 14. The highest BCUT2D eigenvalue weighted by Crippen LogP contribution is 2.56. The Morgan fingerprint density at radius 2 is 1.29 bits per heavy atom. The van der Waals surface area contributed by atoms with Crippen molar-refractivity contribution in [3.8, 4) is 22.6 Å². The molecule has 2 aromatic heterocycles. The van der Waals surface area contributed by atoms with E-state index in [1.165, 1.54) is 58.7 Å². The van der Waals surface area contributed by atoms with Gasteiger partial charge in [-0.3, -0.25) is 0 Å². The first-order valence-corrected chi connectivity index (χ1v) is 18.5. The van der Waals surface area contributed by atoms with Crippen LogP contribution in [-0.4, -0.2) is 6.85 Å². The number of rotatable bonds is 1. The van der Waals surface area contributed by atoms with Crippen molar-refractivity contribution in [3.63, 3.8) is 0 Å². The van der Waals surface area contributed by atoms with E-state index in [9.17, 15) is 0 Å². The van der Waals surface area contributed by atoms with Gasteiger partial charge in [0, 0.05) is 47.9 Å². The zero-order valence-corrected chi connectivity index (χ0v) is 28.4. The van der Waals surface area contributed by atoms with Crippen molar-refractivity contribution in [1.29, 1.82) is 0 Å². The van der Waals surface area contributed by atoms with Crippen LogP contribution in [0.1, 0.15) is 0 Å². The number of para-hydroxylation sites is 4. The third-order valence-electron chi connectivity index (χ3n) is 11.4. The first-order chi connectivity index (χ1) is 25.8. The van der Waals surface area contributed by atoms with E-state index in [1.54, 1.807) is 0 Å². The molecule has 5 heterocycles. The number of benzene rings is 8. The van der Waals surface area contributed by atoms with Crippen molar-refractivity contribution >= 4 is 110 Å². The number of nitrogens with zero attached hydrogens (tertiary/aromatic N) is 2. The van der Waals surface area contributed by atoms with Gasteiger partial charge < -0.3 is 18.9 Å². The van der Waals surface area contributed by atoms with Crippen molar-refractivity contribution in [2.75, 3.05) is 9.71 Å². The second-order valence-corrected chi connectivity index (χ2v) is 15.1. The summed E-state index contributed by atoms with van der Waals surface area (Å²) in [5, 5.41) is 7.25. The molecule has 0 unspecified atom stereocenters. The lowest BCUT2D eigenvalue weighted by atomic mass is 9.43. The average Bonchev–Trinajstić information content (AvgIpc) is 3.76. The van der Waals surface area contributed by atoms with E-state index in [1.807, 2.05) is 17.4 Å². The minimum absolute atomic E-state index is 0.154. The molecule has 13 rings (SSSR count). The van der Waals surface area contributed by atoms with Gasteiger partial charge in [0.05, 0.1) is 17.1 Å². The van der Waals surface area contributed by atoms with Gasteiger partial charge in [-0.1, -0.05) is 84.9 Å². The standard InChI is InChI=1S/C46H25BN2O2S/c1-2-11-27-23-37-31(22-26(27)10-1)33-25-34-29-12-3-6-16-38(29)51-46(34)45-43(33)47(35-14-9-18-40-44(35)48(45)36-15-5-7-17-39(36)50-40)49(37)28-20-21-42-32(24-28)30-13-4-8-19-41(30)52-42/h1-25H. The van der Waals surface area contributed by atoms with Crippen molar-refractivity contribution in [3.05, 3.63) is 152 Å². The van der Waals surface area contributed by atoms with Crippen LogP contribution in [0.2, 0.25) is 0 Å². The lowest BCUT2D eigenvalue weighted by Gasteiger charge is -2.47. The largest absolute Gasteiger partial charge is 0.454 e. The van der Waals surface area contributed by atoms with Gasteiger partial charge in [-0.05, 0) is 94.0 Å². The number of thiophene rings is 1. The predicted octanol–water partition coefficient (Wildman–Crippen LogP) is 11.9. The highest BCUT2D eigenvalue weighted by atomic mass is 32.1. The van der Waals surface area contributed by atoms with Crippen LogP contribution in [-0.2, 0) is 0 Å². The van der Waals surface area contributed by atoms with Gasteiger partial charge >= 0.3 is 6.85 Å². The summed E-state index contributed by atoms with van der Waals surface area (Å²) in [6.45, 7) is -0.154. The molecule has 3 aliphatic rings. The Morgan fingerprint density at radius 1 is 0.519 bits per heavy atom. The molecule has 0 atom stereocenters. The molecule has 6 heteroatoms. The van der Waals surface area contributed by atoms with Crippen LogP contribution < -0.4 is 25.4 Å². The summed E-state index contributed by atoms with van der Waals surface area (Å²) in [5.41, 5.74) is 12.2. The van der Waals surface area contributed by atoms with E-state index in [2.05, 4.69) is 155 Å². The van der Waals surface area contributed by atoms with Gasteiger partial charge in [-0.15, -0.1) is 11.3 Å². The molecule has 240 valence electrons. The fourth-order valence-corrected chi connectivity index (χ4v) is 10.3. The van der Waals surface area contributed by atoms with Gasteiger partial charge in [0.1, 0.15) is 5.58 Å². The Hall–Kier alpha value is -6.50. The molecule has 10 aromatic rings. The fraction of sp³-hybridized carbons (Fsp3) is 0. The smallest absolute Gasteiger partial charge is 0.333 e. The molecule has 0 spiro atoms. The first kappa shape index (κ1) is 27.3. The topological polar surface area (TPSA) is 28.9 Å². The van der Waals surface area contributed by atoms with Crippen LogP contribution in [0.4, 0.5) is 28.4 Å².